The van der Waals surface area contributed by atoms with Gasteiger partial charge in [-0.2, -0.15) is 11.8 Å². The number of anilines is 1. The lowest BCUT2D eigenvalue weighted by Gasteiger charge is -2.20. The van der Waals surface area contributed by atoms with E-state index in [0.29, 0.717) is 23.6 Å². The summed E-state index contributed by atoms with van der Waals surface area (Å²) in [7, 11) is 3.00. The number of carbonyl (C=O) groups is 1. The SMILES string of the molecule is COc1cccc(OC)c1-c1cc(C(=O)Nc2nnc(/N=C(N)/C=C\N)s2)oc(=O)c1OCCN1CCCSCC1. The molecule has 0 bridgehead atoms. The molecule has 0 aliphatic carbocycles. The van der Waals surface area contributed by atoms with Gasteiger partial charge in [0.1, 0.15) is 23.9 Å². The van der Waals surface area contributed by atoms with Crippen molar-refractivity contribution in [3.8, 4) is 28.4 Å². The normalized spacial score (nSPS) is 14.5. The number of carbonyl (C=O) groups excluding carboxylic acids is 1. The van der Waals surface area contributed by atoms with Crippen molar-refractivity contribution in [3.05, 3.63) is 52.7 Å². The van der Waals surface area contributed by atoms with Crippen molar-refractivity contribution in [2.24, 2.45) is 16.5 Å². The fourth-order valence-corrected chi connectivity index (χ4v) is 5.60. The van der Waals surface area contributed by atoms with E-state index in [9.17, 15) is 9.59 Å². The maximum absolute atomic E-state index is 13.3. The summed E-state index contributed by atoms with van der Waals surface area (Å²) < 4.78 is 22.6. The predicted molar refractivity (Wildman–Crippen MR) is 160 cm³/mol. The van der Waals surface area contributed by atoms with Crippen LogP contribution in [0.4, 0.5) is 10.3 Å². The molecule has 3 aromatic rings. The molecule has 15 heteroatoms. The highest BCUT2D eigenvalue weighted by molar-refractivity contribution is 7.99. The molecule has 4 rings (SSSR count). The third-order valence-corrected chi connectivity index (χ3v) is 7.71. The smallest absolute Gasteiger partial charge is 0.379 e. The Morgan fingerprint density at radius 1 is 1.22 bits per heavy atom. The van der Waals surface area contributed by atoms with Gasteiger partial charge in [0.25, 0.3) is 5.91 Å². The fourth-order valence-electron chi connectivity index (χ4n) is 4.05. The number of nitrogens with two attached hydrogens (primary N) is 2. The number of benzene rings is 1. The van der Waals surface area contributed by atoms with Crippen molar-refractivity contribution in [2.45, 2.75) is 6.42 Å². The lowest BCUT2D eigenvalue weighted by Crippen LogP contribution is -2.31. The van der Waals surface area contributed by atoms with Crippen LogP contribution in [0.2, 0.25) is 0 Å². The summed E-state index contributed by atoms with van der Waals surface area (Å²) in [5, 5.41) is 10.6. The standard InChI is InChI=1S/C26H31N7O6S2/c1-36-17-5-3-6-18(37-2)21(17)16-15-19(23(34)30-26-32-31-25(41-26)29-20(28)7-8-27)39-24(35)22(16)38-12-10-33-9-4-13-40-14-11-33/h3,5-8,15H,4,9-14,27H2,1-2H3,(H2,28,29,31)(H,30,32,34)/b8-7-. The monoisotopic (exact) mass is 601 g/mol. The van der Waals surface area contributed by atoms with Crippen LogP contribution in [0, 0.1) is 0 Å². The van der Waals surface area contributed by atoms with E-state index in [1.165, 1.54) is 32.6 Å². The predicted octanol–water partition coefficient (Wildman–Crippen LogP) is 2.71. The number of amidine groups is 1. The van der Waals surface area contributed by atoms with Crippen LogP contribution in [-0.4, -0.2) is 78.8 Å². The summed E-state index contributed by atoms with van der Waals surface area (Å²) in [5.74, 6) is 2.09. The van der Waals surface area contributed by atoms with Crippen LogP contribution in [0.5, 0.6) is 17.2 Å². The van der Waals surface area contributed by atoms with E-state index >= 15 is 0 Å². The number of hydrogen-bond donors (Lipinski definition) is 3. The van der Waals surface area contributed by atoms with Crippen molar-refractivity contribution < 1.29 is 23.4 Å². The van der Waals surface area contributed by atoms with Crippen molar-refractivity contribution in [3.63, 3.8) is 0 Å². The van der Waals surface area contributed by atoms with Crippen LogP contribution < -0.4 is 36.6 Å². The van der Waals surface area contributed by atoms with E-state index in [-0.39, 0.29) is 39.8 Å². The third kappa shape index (κ3) is 7.77. The first-order valence-corrected chi connectivity index (χ1v) is 14.6. The van der Waals surface area contributed by atoms with E-state index in [1.807, 2.05) is 11.8 Å². The Morgan fingerprint density at radius 3 is 2.73 bits per heavy atom. The average Bonchev–Trinajstić information content (AvgIpc) is 3.23. The summed E-state index contributed by atoms with van der Waals surface area (Å²) >= 11 is 2.90. The number of rotatable bonds is 11. The van der Waals surface area contributed by atoms with E-state index in [2.05, 4.69) is 25.4 Å². The summed E-state index contributed by atoms with van der Waals surface area (Å²) in [6.45, 7) is 2.80. The van der Waals surface area contributed by atoms with Gasteiger partial charge < -0.3 is 30.1 Å². The van der Waals surface area contributed by atoms with Gasteiger partial charge in [-0.25, -0.2) is 9.79 Å². The molecule has 0 spiro atoms. The van der Waals surface area contributed by atoms with Gasteiger partial charge in [0.05, 0.1) is 19.8 Å². The molecule has 1 amide bonds. The van der Waals surface area contributed by atoms with Crippen molar-refractivity contribution in [1.82, 2.24) is 15.1 Å². The zero-order valence-electron chi connectivity index (χ0n) is 22.6. The average molecular weight is 602 g/mol. The van der Waals surface area contributed by atoms with Gasteiger partial charge in [-0.1, -0.05) is 17.4 Å². The number of methoxy groups -OCH3 is 2. The number of nitrogens with zero attached hydrogens (tertiary/aromatic N) is 4. The Labute approximate surface area is 244 Å². The molecule has 0 atom stereocenters. The van der Waals surface area contributed by atoms with E-state index < -0.39 is 11.5 Å². The molecule has 0 unspecified atom stereocenters. The fraction of sp³-hybridized carbons (Fsp3) is 0.346. The molecule has 1 fully saturated rings. The van der Waals surface area contributed by atoms with Gasteiger partial charge in [-0.15, -0.1) is 10.2 Å². The van der Waals surface area contributed by atoms with Gasteiger partial charge in [-0.05, 0) is 49.2 Å². The number of hydrogen-bond acceptors (Lipinski definition) is 13. The van der Waals surface area contributed by atoms with E-state index in [1.54, 1.807) is 18.2 Å². The van der Waals surface area contributed by atoms with Gasteiger partial charge in [-0.3, -0.25) is 15.0 Å². The molecule has 2 aromatic heterocycles. The molecule has 1 aliphatic rings. The Balaban J connectivity index is 1.65. The number of nitrogens with one attached hydrogen (secondary N) is 1. The summed E-state index contributed by atoms with van der Waals surface area (Å²) in [6, 6.07) is 6.61. The number of thioether (sulfide) groups is 1. The Morgan fingerprint density at radius 2 is 2.00 bits per heavy atom. The van der Waals surface area contributed by atoms with Gasteiger partial charge in [0, 0.05) is 24.4 Å². The van der Waals surface area contributed by atoms with Crippen LogP contribution in [0.3, 0.4) is 0 Å². The van der Waals surface area contributed by atoms with E-state index in [4.69, 9.17) is 30.1 Å². The van der Waals surface area contributed by atoms with Crippen LogP contribution in [0.25, 0.3) is 11.1 Å². The molecule has 218 valence electrons. The first-order valence-electron chi connectivity index (χ1n) is 12.6. The Bertz CT molecular complexity index is 1440. The Hall–Kier alpha value is -4.08. The largest absolute Gasteiger partial charge is 0.496 e. The zero-order chi connectivity index (χ0) is 29.2. The lowest BCUT2D eigenvalue weighted by atomic mass is 10.0. The Kier molecular flexibility index (Phi) is 10.6. The molecular weight excluding hydrogens is 570 g/mol. The van der Waals surface area contributed by atoms with Crippen LogP contribution in [-0.2, 0) is 0 Å². The topological polar surface area (TPSA) is 180 Å². The van der Waals surface area contributed by atoms with Crippen LogP contribution in [0.15, 0.2) is 50.7 Å². The van der Waals surface area contributed by atoms with Gasteiger partial charge >= 0.3 is 5.63 Å². The zero-order valence-corrected chi connectivity index (χ0v) is 24.3. The van der Waals surface area contributed by atoms with Crippen LogP contribution >= 0.6 is 23.1 Å². The van der Waals surface area contributed by atoms with Crippen LogP contribution in [0.1, 0.15) is 17.0 Å². The molecule has 1 aromatic carbocycles. The van der Waals surface area contributed by atoms with Crippen molar-refractivity contribution in [2.75, 3.05) is 57.3 Å². The number of ether oxygens (including phenoxy) is 3. The maximum Gasteiger partial charge on any atom is 0.379 e. The van der Waals surface area contributed by atoms with E-state index in [0.717, 1.165) is 42.4 Å². The van der Waals surface area contributed by atoms with Gasteiger partial charge in [0.15, 0.2) is 5.76 Å². The molecule has 0 saturated carbocycles. The van der Waals surface area contributed by atoms with Crippen molar-refractivity contribution >= 4 is 45.1 Å². The summed E-state index contributed by atoms with van der Waals surface area (Å²) in [6.07, 6.45) is 3.72. The molecule has 1 aliphatic heterocycles. The minimum absolute atomic E-state index is 0.0514. The molecule has 13 nitrogen and oxygen atoms in total. The molecule has 3 heterocycles. The molecule has 5 N–H and O–H groups in total. The molecule has 0 radical (unpaired) electrons. The maximum atomic E-state index is 13.3. The summed E-state index contributed by atoms with van der Waals surface area (Å²) in [5.41, 5.74) is 10.9. The highest BCUT2D eigenvalue weighted by atomic mass is 32.2. The van der Waals surface area contributed by atoms with Crippen molar-refractivity contribution in [1.29, 1.82) is 0 Å². The quantitative estimate of drug-likeness (QED) is 0.216. The second-order valence-corrected chi connectivity index (χ2v) is 10.8. The second-order valence-electron chi connectivity index (χ2n) is 8.57. The number of aliphatic imine (C=N–C) groups is 1. The highest BCUT2D eigenvalue weighted by Crippen LogP contribution is 2.42. The highest BCUT2D eigenvalue weighted by Gasteiger charge is 2.25. The number of amides is 1. The minimum Gasteiger partial charge on any atom is -0.496 e. The lowest BCUT2D eigenvalue weighted by molar-refractivity contribution is 0.0991. The molecule has 41 heavy (non-hydrogen) atoms. The summed E-state index contributed by atoms with van der Waals surface area (Å²) in [4.78, 5) is 32.8. The second kappa shape index (κ2) is 14.5. The molecular formula is C26H31N7O6S2. The first-order chi connectivity index (χ1) is 19.9. The molecule has 1 saturated heterocycles. The number of aromatic nitrogens is 2. The minimum atomic E-state index is -0.823. The first kappa shape index (κ1) is 29.9. The third-order valence-electron chi connectivity index (χ3n) is 5.92. The van der Waals surface area contributed by atoms with Gasteiger partial charge in [0.2, 0.25) is 16.0 Å².